The third-order valence-corrected chi connectivity index (χ3v) is 3.40. The summed E-state index contributed by atoms with van der Waals surface area (Å²) in [6.45, 7) is 3.15. The molecule has 0 aliphatic carbocycles. The Morgan fingerprint density at radius 1 is 1.21 bits per heavy atom. The summed E-state index contributed by atoms with van der Waals surface area (Å²) < 4.78 is 5.76. The molecule has 0 spiro atoms. The highest BCUT2D eigenvalue weighted by Gasteiger charge is 2.32. The molecule has 0 bridgehead atoms. The van der Waals surface area contributed by atoms with E-state index in [1.165, 1.54) is 12.0 Å². The van der Waals surface area contributed by atoms with Gasteiger partial charge in [0.25, 0.3) is 0 Å². The van der Waals surface area contributed by atoms with Crippen LogP contribution in [0.15, 0.2) is 24.3 Å². The van der Waals surface area contributed by atoms with Gasteiger partial charge in [0.15, 0.2) is 0 Å². The molecule has 0 saturated carbocycles. The van der Waals surface area contributed by atoms with Crippen molar-refractivity contribution >= 4 is 0 Å². The van der Waals surface area contributed by atoms with Crippen LogP contribution < -0.4 is 10.1 Å². The van der Waals surface area contributed by atoms with Crippen LogP contribution in [0.1, 0.15) is 17.9 Å². The van der Waals surface area contributed by atoms with Crippen LogP contribution in [0.3, 0.4) is 0 Å². The van der Waals surface area contributed by atoms with E-state index in [1.807, 2.05) is 0 Å². The summed E-state index contributed by atoms with van der Waals surface area (Å²) >= 11 is 0. The van der Waals surface area contributed by atoms with Crippen molar-refractivity contribution in [2.75, 3.05) is 19.7 Å². The third-order valence-electron chi connectivity index (χ3n) is 3.40. The molecule has 14 heavy (non-hydrogen) atoms. The molecule has 1 aromatic rings. The quantitative estimate of drug-likeness (QED) is 0.671. The molecule has 74 valence electrons. The second-order valence-electron chi connectivity index (χ2n) is 4.20. The fourth-order valence-corrected chi connectivity index (χ4v) is 2.64. The SMILES string of the molecule is c1ccc2c(c1)OCC[C@H]1CNC[C@H]21. The van der Waals surface area contributed by atoms with Gasteiger partial charge in [0.1, 0.15) is 5.75 Å². The summed E-state index contributed by atoms with van der Waals surface area (Å²) in [7, 11) is 0. The maximum Gasteiger partial charge on any atom is 0.122 e. The predicted molar refractivity (Wildman–Crippen MR) is 55.7 cm³/mol. The maximum atomic E-state index is 5.76. The van der Waals surface area contributed by atoms with Crippen molar-refractivity contribution in [3.63, 3.8) is 0 Å². The molecular formula is C12H15NO. The average Bonchev–Trinajstić information content (AvgIpc) is 2.61. The standard InChI is InChI=1S/C12H15NO/c1-2-4-12-10(3-1)11-8-13-7-9(11)5-6-14-12/h1-4,9,11,13H,5-8H2/t9-,11-/m0/s1. The van der Waals surface area contributed by atoms with Gasteiger partial charge < -0.3 is 10.1 Å². The van der Waals surface area contributed by atoms with Gasteiger partial charge in [0.05, 0.1) is 6.61 Å². The third kappa shape index (κ3) is 1.22. The molecule has 2 atom stereocenters. The van der Waals surface area contributed by atoms with Gasteiger partial charge in [-0.15, -0.1) is 0 Å². The zero-order chi connectivity index (χ0) is 9.38. The van der Waals surface area contributed by atoms with Gasteiger partial charge in [0, 0.05) is 12.5 Å². The van der Waals surface area contributed by atoms with Crippen LogP contribution in [0, 0.1) is 5.92 Å². The molecule has 2 heterocycles. The lowest BCUT2D eigenvalue weighted by Gasteiger charge is -2.15. The summed E-state index contributed by atoms with van der Waals surface area (Å²) in [5.41, 5.74) is 1.40. The summed E-state index contributed by atoms with van der Waals surface area (Å²) in [4.78, 5) is 0. The molecule has 1 fully saturated rings. The molecule has 1 N–H and O–H groups in total. The van der Waals surface area contributed by atoms with Gasteiger partial charge in [-0.3, -0.25) is 0 Å². The lowest BCUT2D eigenvalue weighted by atomic mass is 9.87. The number of fused-ring (bicyclic) bond motifs is 3. The first-order valence-corrected chi connectivity index (χ1v) is 5.37. The van der Waals surface area contributed by atoms with E-state index in [2.05, 4.69) is 29.6 Å². The van der Waals surface area contributed by atoms with Crippen LogP contribution in [0.25, 0.3) is 0 Å². The Kier molecular flexibility index (Phi) is 1.95. The Bertz CT molecular complexity index is 337. The van der Waals surface area contributed by atoms with E-state index in [-0.39, 0.29) is 0 Å². The number of ether oxygens (including phenoxy) is 1. The first-order valence-electron chi connectivity index (χ1n) is 5.37. The molecule has 0 unspecified atom stereocenters. The predicted octanol–water partition coefficient (Wildman–Crippen LogP) is 1.77. The van der Waals surface area contributed by atoms with Gasteiger partial charge in [-0.25, -0.2) is 0 Å². The molecular weight excluding hydrogens is 174 g/mol. The Morgan fingerprint density at radius 3 is 3.14 bits per heavy atom. The zero-order valence-corrected chi connectivity index (χ0v) is 8.20. The van der Waals surface area contributed by atoms with Crippen LogP contribution >= 0.6 is 0 Å². The number of hydrogen-bond acceptors (Lipinski definition) is 2. The Morgan fingerprint density at radius 2 is 2.14 bits per heavy atom. The highest BCUT2D eigenvalue weighted by Crippen LogP contribution is 2.38. The minimum Gasteiger partial charge on any atom is -0.493 e. The fourth-order valence-electron chi connectivity index (χ4n) is 2.64. The normalized spacial score (nSPS) is 30.0. The van der Waals surface area contributed by atoms with Crippen molar-refractivity contribution in [1.29, 1.82) is 0 Å². The van der Waals surface area contributed by atoms with Crippen LogP contribution in [-0.2, 0) is 0 Å². The minimum absolute atomic E-state index is 0.675. The molecule has 1 aromatic carbocycles. The van der Waals surface area contributed by atoms with Crippen LogP contribution in [-0.4, -0.2) is 19.7 Å². The number of para-hydroxylation sites is 1. The van der Waals surface area contributed by atoms with Gasteiger partial charge in [-0.2, -0.15) is 0 Å². The molecule has 2 aliphatic rings. The molecule has 1 saturated heterocycles. The monoisotopic (exact) mass is 189 g/mol. The minimum atomic E-state index is 0.675. The molecule has 2 heteroatoms. The largest absolute Gasteiger partial charge is 0.493 e. The van der Waals surface area contributed by atoms with Crippen LogP contribution in [0.2, 0.25) is 0 Å². The van der Waals surface area contributed by atoms with Gasteiger partial charge in [-0.05, 0) is 30.5 Å². The zero-order valence-electron chi connectivity index (χ0n) is 8.20. The van der Waals surface area contributed by atoms with E-state index < -0.39 is 0 Å². The highest BCUT2D eigenvalue weighted by atomic mass is 16.5. The van der Waals surface area contributed by atoms with E-state index in [4.69, 9.17) is 4.74 Å². The van der Waals surface area contributed by atoms with Crippen molar-refractivity contribution in [2.45, 2.75) is 12.3 Å². The second-order valence-corrected chi connectivity index (χ2v) is 4.20. The number of nitrogens with one attached hydrogen (secondary N) is 1. The maximum absolute atomic E-state index is 5.76. The summed E-state index contributed by atoms with van der Waals surface area (Å²) in [6.07, 6.45) is 1.19. The molecule has 0 radical (unpaired) electrons. The molecule has 3 rings (SSSR count). The highest BCUT2D eigenvalue weighted by molar-refractivity contribution is 5.38. The van der Waals surface area contributed by atoms with Gasteiger partial charge in [-0.1, -0.05) is 18.2 Å². The van der Waals surface area contributed by atoms with Crippen molar-refractivity contribution in [1.82, 2.24) is 5.32 Å². The number of hydrogen-bond donors (Lipinski definition) is 1. The van der Waals surface area contributed by atoms with Crippen molar-refractivity contribution in [2.24, 2.45) is 5.92 Å². The van der Waals surface area contributed by atoms with Crippen LogP contribution in [0.5, 0.6) is 5.75 Å². The van der Waals surface area contributed by atoms with E-state index >= 15 is 0 Å². The number of benzene rings is 1. The first-order chi connectivity index (χ1) is 6.95. The molecule has 2 nitrogen and oxygen atoms in total. The van der Waals surface area contributed by atoms with Gasteiger partial charge in [0.2, 0.25) is 0 Å². The number of rotatable bonds is 0. The van der Waals surface area contributed by atoms with E-state index in [9.17, 15) is 0 Å². The Balaban J connectivity index is 2.04. The topological polar surface area (TPSA) is 21.3 Å². The van der Waals surface area contributed by atoms with Crippen molar-refractivity contribution in [3.8, 4) is 5.75 Å². The lowest BCUT2D eigenvalue weighted by Crippen LogP contribution is -2.11. The Hall–Kier alpha value is -1.02. The van der Waals surface area contributed by atoms with E-state index in [0.29, 0.717) is 5.92 Å². The molecule has 0 amide bonds. The lowest BCUT2D eigenvalue weighted by molar-refractivity contribution is 0.296. The summed E-state index contributed by atoms with van der Waals surface area (Å²) in [5, 5.41) is 3.48. The first kappa shape index (κ1) is 8.30. The molecule has 2 aliphatic heterocycles. The van der Waals surface area contributed by atoms with Gasteiger partial charge >= 0.3 is 0 Å². The van der Waals surface area contributed by atoms with Crippen molar-refractivity contribution in [3.05, 3.63) is 29.8 Å². The second kappa shape index (κ2) is 3.28. The fraction of sp³-hybridized carbons (Fsp3) is 0.500. The summed E-state index contributed by atoms with van der Waals surface area (Å²) in [6, 6.07) is 8.48. The van der Waals surface area contributed by atoms with Crippen LogP contribution in [0.4, 0.5) is 0 Å². The molecule has 0 aromatic heterocycles. The summed E-state index contributed by atoms with van der Waals surface area (Å²) in [5.74, 6) is 2.55. The Labute approximate surface area is 84.3 Å². The van der Waals surface area contributed by atoms with E-state index in [0.717, 1.165) is 31.4 Å². The van der Waals surface area contributed by atoms with Crippen molar-refractivity contribution < 1.29 is 4.74 Å². The average molecular weight is 189 g/mol. The van der Waals surface area contributed by atoms with E-state index in [1.54, 1.807) is 0 Å². The smallest absolute Gasteiger partial charge is 0.122 e.